The molecule has 210 valence electrons. The number of ether oxygens (including phenoxy) is 1. The average Bonchev–Trinajstić information content (AvgIpc) is 3.37. The lowest BCUT2D eigenvalue weighted by Crippen LogP contribution is -2.59. The number of hydrogen-bond donors (Lipinski definition) is 2. The lowest BCUT2D eigenvalue weighted by Gasteiger charge is -2.43. The van der Waals surface area contributed by atoms with Gasteiger partial charge in [-0.2, -0.15) is 4.31 Å². The summed E-state index contributed by atoms with van der Waals surface area (Å²) < 4.78 is 35.2. The topological polar surface area (TPSA) is 125 Å². The van der Waals surface area contributed by atoms with Crippen molar-refractivity contribution in [3.8, 4) is 16.9 Å². The SMILES string of the molecule is O=C1NC2(CCOc3cc(-c4ccccc4)ccc3S(=O)(=O)N3C[C@H](O)C[C@@H]13)CCN(Cc1cncnc1)CC2. The molecule has 0 saturated carbocycles. The molecule has 40 heavy (non-hydrogen) atoms. The van der Waals surface area contributed by atoms with Crippen LogP contribution in [-0.4, -0.2) is 82.5 Å². The smallest absolute Gasteiger partial charge is 0.247 e. The standard InChI is InChI=1S/C29H33N5O5S/c35-24-15-25-28(36)32-29(8-11-33(12-9-29)18-21-16-30-20-31-17-21)10-13-39-26-14-23(22-4-2-1-3-5-22)6-7-27(26)40(37,38)34(25)19-24/h1-7,14,16-17,20,24-25,35H,8-13,15,18-19H2,(H,32,36)/t24-,25+/m1/s1. The van der Waals surface area contributed by atoms with E-state index in [4.69, 9.17) is 4.74 Å². The van der Waals surface area contributed by atoms with Gasteiger partial charge in [0.15, 0.2) is 0 Å². The number of nitrogens with zero attached hydrogens (tertiary/aromatic N) is 4. The Morgan fingerprint density at radius 3 is 2.52 bits per heavy atom. The van der Waals surface area contributed by atoms with Crippen LogP contribution in [-0.2, 0) is 21.4 Å². The van der Waals surface area contributed by atoms with Crippen molar-refractivity contribution in [1.29, 1.82) is 0 Å². The number of benzene rings is 2. The van der Waals surface area contributed by atoms with E-state index < -0.39 is 27.7 Å². The molecule has 6 rings (SSSR count). The van der Waals surface area contributed by atoms with Crippen molar-refractivity contribution in [1.82, 2.24) is 24.5 Å². The fourth-order valence-electron chi connectivity index (χ4n) is 6.01. The van der Waals surface area contributed by atoms with Crippen LogP contribution in [0.4, 0.5) is 0 Å². The van der Waals surface area contributed by atoms with Crippen molar-refractivity contribution < 1.29 is 23.1 Å². The minimum atomic E-state index is -4.12. The van der Waals surface area contributed by atoms with Crippen molar-refractivity contribution in [2.75, 3.05) is 26.2 Å². The zero-order chi connectivity index (χ0) is 27.7. The van der Waals surface area contributed by atoms with Crippen molar-refractivity contribution in [3.63, 3.8) is 0 Å². The van der Waals surface area contributed by atoms with Gasteiger partial charge in [-0.3, -0.25) is 9.69 Å². The van der Waals surface area contributed by atoms with Gasteiger partial charge < -0.3 is 15.2 Å². The van der Waals surface area contributed by atoms with Crippen molar-refractivity contribution in [2.45, 2.75) is 54.8 Å². The number of rotatable bonds is 3. The molecule has 1 spiro atoms. The Morgan fingerprint density at radius 2 is 1.77 bits per heavy atom. The molecule has 3 aliphatic heterocycles. The number of fused-ring (bicyclic) bond motifs is 2. The normalized spacial score (nSPS) is 24.8. The summed E-state index contributed by atoms with van der Waals surface area (Å²) in [4.78, 5) is 24.2. The van der Waals surface area contributed by atoms with Crippen LogP contribution in [0.2, 0.25) is 0 Å². The van der Waals surface area contributed by atoms with E-state index in [-0.39, 0.29) is 36.1 Å². The summed E-state index contributed by atoms with van der Waals surface area (Å²) in [7, 11) is -4.12. The predicted molar refractivity (Wildman–Crippen MR) is 148 cm³/mol. The molecule has 2 atom stereocenters. The van der Waals surface area contributed by atoms with Gasteiger partial charge in [-0.05, 0) is 36.1 Å². The molecule has 11 heteroatoms. The lowest BCUT2D eigenvalue weighted by atomic mass is 9.84. The second-order valence-electron chi connectivity index (χ2n) is 10.9. The molecule has 2 aromatic carbocycles. The number of hydrogen-bond acceptors (Lipinski definition) is 8. The maximum absolute atomic E-state index is 13.9. The van der Waals surface area contributed by atoms with Crippen LogP contribution >= 0.6 is 0 Å². The third-order valence-electron chi connectivity index (χ3n) is 8.23. The number of nitrogens with one attached hydrogen (secondary N) is 1. The molecule has 2 saturated heterocycles. The summed E-state index contributed by atoms with van der Waals surface area (Å²) in [6.07, 6.45) is 6.17. The number of likely N-dealkylation sites (tertiary alicyclic amines) is 1. The molecular weight excluding hydrogens is 530 g/mol. The highest BCUT2D eigenvalue weighted by atomic mass is 32.2. The van der Waals surface area contributed by atoms with Crippen LogP contribution in [0, 0.1) is 0 Å². The largest absolute Gasteiger partial charge is 0.492 e. The second kappa shape index (κ2) is 10.9. The molecule has 0 radical (unpaired) electrons. The van der Waals surface area contributed by atoms with Gasteiger partial charge >= 0.3 is 0 Å². The number of carbonyl (C=O) groups excluding carboxylic acids is 1. The third-order valence-corrected chi connectivity index (χ3v) is 10.1. The number of aromatic nitrogens is 2. The highest BCUT2D eigenvalue weighted by Gasteiger charge is 2.47. The van der Waals surface area contributed by atoms with E-state index in [0.717, 1.165) is 40.6 Å². The molecule has 0 aliphatic carbocycles. The number of aliphatic hydroxyl groups is 1. The van der Waals surface area contributed by atoms with Crippen LogP contribution in [0.1, 0.15) is 31.2 Å². The van der Waals surface area contributed by atoms with Gasteiger partial charge in [-0.15, -0.1) is 0 Å². The summed E-state index contributed by atoms with van der Waals surface area (Å²) in [6.45, 7) is 2.33. The Bertz CT molecular complexity index is 1460. The molecule has 1 amide bonds. The van der Waals surface area contributed by atoms with Crippen LogP contribution in [0.25, 0.3) is 11.1 Å². The van der Waals surface area contributed by atoms with Crippen molar-refractivity contribution >= 4 is 15.9 Å². The van der Waals surface area contributed by atoms with E-state index in [1.165, 1.54) is 6.33 Å². The van der Waals surface area contributed by atoms with E-state index in [1.807, 2.05) is 42.7 Å². The second-order valence-corrected chi connectivity index (χ2v) is 12.8. The van der Waals surface area contributed by atoms with E-state index >= 15 is 0 Å². The van der Waals surface area contributed by atoms with Crippen LogP contribution in [0.15, 0.2) is 72.1 Å². The zero-order valence-corrected chi connectivity index (χ0v) is 23.0. The molecule has 2 fully saturated rings. The van der Waals surface area contributed by atoms with Gasteiger partial charge in [0.25, 0.3) is 0 Å². The molecular formula is C29H33N5O5S. The quantitative estimate of drug-likeness (QED) is 0.497. The van der Waals surface area contributed by atoms with Gasteiger partial charge in [0, 0.05) is 62.5 Å². The first-order chi connectivity index (χ1) is 19.3. The Kier molecular flexibility index (Phi) is 7.30. The molecule has 2 N–H and O–H groups in total. The van der Waals surface area contributed by atoms with Gasteiger partial charge in [-0.1, -0.05) is 36.4 Å². The van der Waals surface area contributed by atoms with E-state index in [0.29, 0.717) is 19.3 Å². The first-order valence-electron chi connectivity index (χ1n) is 13.6. The van der Waals surface area contributed by atoms with Gasteiger partial charge in [0.1, 0.15) is 23.0 Å². The summed E-state index contributed by atoms with van der Waals surface area (Å²) in [6, 6.07) is 13.8. The number of piperidine rings is 1. The monoisotopic (exact) mass is 563 g/mol. The van der Waals surface area contributed by atoms with Crippen LogP contribution in [0.3, 0.4) is 0 Å². The predicted octanol–water partition coefficient (Wildman–Crippen LogP) is 2.20. The molecule has 10 nitrogen and oxygen atoms in total. The van der Waals surface area contributed by atoms with Crippen molar-refractivity contribution in [3.05, 3.63) is 72.8 Å². The lowest BCUT2D eigenvalue weighted by molar-refractivity contribution is -0.127. The summed E-state index contributed by atoms with van der Waals surface area (Å²) in [5.74, 6) is -0.109. The summed E-state index contributed by atoms with van der Waals surface area (Å²) in [5, 5.41) is 13.7. The average molecular weight is 564 g/mol. The number of sulfonamides is 1. The van der Waals surface area contributed by atoms with Crippen molar-refractivity contribution in [2.24, 2.45) is 0 Å². The Balaban J connectivity index is 1.31. The molecule has 3 aromatic rings. The van der Waals surface area contributed by atoms with E-state index in [9.17, 15) is 18.3 Å². The first-order valence-corrected chi connectivity index (χ1v) is 15.1. The molecule has 0 unspecified atom stereocenters. The number of amides is 1. The highest BCUT2D eigenvalue weighted by molar-refractivity contribution is 7.89. The minimum absolute atomic E-state index is 0.00919. The Labute approximate surface area is 234 Å². The fourth-order valence-corrected chi connectivity index (χ4v) is 7.76. The van der Waals surface area contributed by atoms with Crippen LogP contribution in [0.5, 0.6) is 5.75 Å². The number of aliphatic hydroxyl groups excluding tert-OH is 1. The summed E-state index contributed by atoms with van der Waals surface area (Å²) in [5.41, 5.74) is 2.26. The maximum atomic E-state index is 13.9. The summed E-state index contributed by atoms with van der Waals surface area (Å²) >= 11 is 0. The van der Waals surface area contributed by atoms with Gasteiger partial charge in [0.05, 0.1) is 12.7 Å². The third kappa shape index (κ3) is 5.34. The van der Waals surface area contributed by atoms with Gasteiger partial charge in [0.2, 0.25) is 15.9 Å². The number of carbonyl (C=O) groups is 1. The zero-order valence-electron chi connectivity index (χ0n) is 22.1. The highest BCUT2D eigenvalue weighted by Crippen LogP contribution is 2.37. The molecule has 1 aromatic heterocycles. The molecule has 0 bridgehead atoms. The minimum Gasteiger partial charge on any atom is -0.492 e. The Morgan fingerprint density at radius 1 is 1.02 bits per heavy atom. The molecule has 3 aliphatic rings. The fraction of sp³-hybridized carbons (Fsp3) is 0.414. The van der Waals surface area contributed by atoms with Crippen LogP contribution < -0.4 is 10.1 Å². The molecule has 4 heterocycles. The van der Waals surface area contributed by atoms with Gasteiger partial charge in [-0.25, -0.2) is 18.4 Å². The maximum Gasteiger partial charge on any atom is 0.247 e. The van der Waals surface area contributed by atoms with E-state index in [1.54, 1.807) is 18.2 Å². The first kappa shape index (κ1) is 26.8. The Hall–Kier alpha value is -3.38. The van der Waals surface area contributed by atoms with E-state index in [2.05, 4.69) is 20.2 Å².